The number of hydrogen-bond acceptors (Lipinski definition) is 3. The Kier molecular flexibility index (Phi) is 2.60. The Balaban J connectivity index is 2.37. The Morgan fingerprint density at radius 2 is 2.00 bits per heavy atom. The summed E-state index contributed by atoms with van der Waals surface area (Å²) in [5.74, 6) is 0. The highest BCUT2D eigenvalue weighted by molar-refractivity contribution is 5.64. The monoisotopic (exact) mass is 188 g/mol. The van der Waals surface area contributed by atoms with Gasteiger partial charge in [0.05, 0.1) is 5.69 Å². The second-order valence-electron chi connectivity index (χ2n) is 3.08. The molecule has 2 N–H and O–H groups in total. The van der Waals surface area contributed by atoms with Crippen LogP contribution in [-0.4, -0.2) is 11.7 Å². The van der Waals surface area contributed by atoms with Crippen LogP contribution in [0.1, 0.15) is 5.69 Å². The summed E-state index contributed by atoms with van der Waals surface area (Å²) in [4.78, 5) is 0. The molecule has 2 rings (SSSR count). The lowest BCUT2D eigenvalue weighted by Crippen LogP contribution is -2.03. The molecule has 1 heterocycles. The van der Waals surface area contributed by atoms with Crippen molar-refractivity contribution in [1.29, 1.82) is 0 Å². The SMILES string of the molecule is NCCc1nocc1-c1ccccc1. The van der Waals surface area contributed by atoms with Gasteiger partial charge >= 0.3 is 0 Å². The Morgan fingerprint density at radius 1 is 1.21 bits per heavy atom. The molecule has 0 spiro atoms. The van der Waals surface area contributed by atoms with Gasteiger partial charge in [0.15, 0.2) is 0 Å². The van der Waals surface area contributed by atoms with Crippen molar-refractivity contribution in [3.63, 3.8) is 0 Å². The van der Waals surface area contributed by atoms with Crippen LogP contribution < -0.4 is 5.73 Å². The summed E-state index contributed by atoms with van der Waals surface area (Å²) in [5, 5.41) is 3.93. The van der Waals surface area contributed by atoms with Crippen LogP contribution in [0, 0.1) is 0 Å². The average molecular weight is 188 g/mol. The molecule has 0 bridgehead atoms. The first-order chi connectivity index (χ1) is 6.92. The minimum Gasteiger partial charge on any atom is -0.364 e. The van der Waals surface area contributed by atoms with Gasteiger partial charge in [-0.15, -0.1) is 0 Å². The molecular formula is C11H12N2O. The summed E-state index contributed by atoms with van der Waals surface area (Å²) in [6, 6.07) is 10.0. The quantitative estimate of drug-likeness (QED) is 0.799. The van der Waals surface area contributed by atoms with E-state index >= 15 is 0 Å². The van der Waals surface area contributed by atoms with Gasteiger partial charge in [-0.2, -0.15) is 0 Å². The van der Waals surface area contributed by atoms with Crippen LogP contribution in [-0.2, 0) is 6.42 Å². The van der Waals surface area contributed by atoms with E-state index in [1.54, 1.807) is 6.26 Å². The highest BCUT2D eigenvalue weighted by Gasteiger charge is 2.07. The van der Waals surface area contributed by atoms with Gasteiger partial charge in [0, 0.05) is 12.0 Å². The van der Waals surface area contributed by atoms with Crippen molar-refractivity contribution in [3.8, 4) is 11.1 Å². The summed E-state index contributed by atoms with van der Waals surface area (Å²) in [5.41, 5.74) is 8.57. The Morgan fingerprint density at radius 3 is 2.71 bits per heavy atom. The van der Waals surface area contributed by atoms with Gasteiger partial charge in [-0.25, -0.2) is 0 Å². The molecule has 0 atom stereocenters. The zero-order chi connectivity index (χ0) is 9.80. The molecule has 0 aliphatic rings. The molecule has 2 aromatic rings. The number of nitrogens with two attached hydrogens (primary N) is 1. The van der Waals surface area contributed by atoms with Crippen molar-refractivity contribution >= 4 is 0 Å². The van der Waals surface area contributed by atoms with E-state index in [1.165, 1.54) is 0 Å². The van der Waals surface area contributed by atoms with Gasteiger partial charge in [0.2, 0.25) is 0 Å². The predicted molar refractivity (Wildman–Crippen MR) is 54.7 cm³/mol. The van der Waals surface area contributed by atoms with E-state index in [0.717, 1.165) is 23.2 Å². The highest BCUT2D eigenvalue weighted by atomic mass is 16.5. The number of hydrogen-bond donors (Lipinski definition) is 1. The largest absolute Gasteiger partial charge is 0.364 e. The van der Waals surface area contributed by atoms with Crippen LogP contribution in [0.5, 0.6) is 0 Å². The fourth-order valence-electron chi connectivity index (χ4n) is 1.43. The molecule has 0 amide bonds. The summed E-state index contributed by atoms with van der Waals surface area (Å²) >= 11 is 0. The van der Waals surface area contributed by atoms with Crippen LogP contribution in [0.15, 0.2) is 41.1 Å². The number of benzene rings is 1. The first-order valence-electron chi connectivity index (χ1n) is 4.60. The smallest absolute Gasteiger partial charge is 0.131 e. The number of aromatic nitrogens is 1. The molecule has 14 heavy (non-hydrogen) atoms. The molecule has 0 saturated heterocycles. The average Bonchev–Trinajstić information content (AvgIpc) is 2.68. The fourth-order valence-corrected chi connectivity index (χ4v) is 1.43. The fraction of sp³-hybridized carbons (Fsp3) is 0.182. The predicted octanol–water partition coefficient (Wildman–Crippen LogP) is 1.84. The van der Waals surface area contributed by atoms with Crippen LogP contribution in [0.4, 0.5) is 0 Å². The maximum absolute atomic E-state index is 5.49. The standard InChI is InChI=1S/C11H12N2O/c12-7-6-11-10(8-14-13-11)9-4-2-1-3-5-9/h1-5,8H,6-7,12H2. The second kappa shape index (κ2) is 4.07. The summed E-state index contributed by atoms with van der Waals surface area (Å²) in [6.45, 7) is 0.590. The van der Waals surface area contributed by atoms with Crippen molar-refractivity contribution in [3.05, 3.63) is 42.3 Å². The number of rotatable bonds is 3. The summed E-state index contributed by atoms with van der Waals surface area (Å²) in [7, 11) is 0. The molecule has 3 nitrogen and oxygen atoms in total. The van der Waals surface area contributed by atoms with E-state index < -0.39 is 0 Å². The molecule has 0 unspecified atom stereocenters. The minimum absolute atomic E-state index is 0.590. The van der Waals surface area contributed by atoms with Crippen LogP contribution in [0.3, 0.4) is 0 Å². The molecule has 3 heteroatoms. The van der Waals surface area contributed by atoms with Gasteiger partial charge < -0.3 is 10.3 Å². The molecule has 0 fully saturated rings. The van der Waals surface area contributed by atoms with Gasteiger partial charge in [-0.1, -0.05) is 35.5 Å². The molecule has 0 aliphatic carbocycles. The van der Waals surface area contributed by atoms with Crippen LogP contribution in [0.2, 0.25) is 0 Å². The molecule has 1 aromatic heterocycles. The lowest BCUT2D eigenvalue weighted by molar-refractivity contribution is 0.412. The van der Waals surface area contributed by atoms with Crippen molar-refractivity contribution in [2.75, 3.05) is 6.54 Å². The van der Waals surface area contributed by atoms with E-state index in [-0.39, 0.29) is 0 Å². The lowest BCUT2D eigenvalue weighted by atomic mass is 10.1. The topological polar surface area (TPSA) is 52.0 Å². The van der Waals surface area contributed by atoms with Crippen LogP contribution in [0.25, 0.3) is 11.1 Å². The first-order valence-corrected chi connectivity index (χ1v) is 4.60. The first kappa shape index (κ1) is 8.97. The second-order valence-corrected chi connectivity index (χ2v) is 3.08. The summed E-state index contributed by atoms with van der Waals surface area (Å²) < 4.78 is 4.95. The van der Waals surface area contributed by atoms with Gasteiger partial charge in [0.25, 0.3) is 0 Å². The Hall–Kier alpha value is -1.61. The Labute approximate surface area is 82.5 Å². The van der Waals surface area contributed by atoms with E-state index in [4.69, 9.17) is 10.3 Å². The van der Waals surface area contributed by atoms with E-state index in [2.05, 4.69) is 5.16 Å². The van der Waals surface area contributed by atoms with E-state index in [9.17, 15) is 0 Å². The number of nitrogens with zero attached hydrogens (tertiary/aromatic N) is 1. The normalized spacial score (nSPS) is 10.4. The van der Waals surface area contributed by atoms with Gasteiger partial charge in [-0.05, 0) is 12.1 Å². The zero-order valence-electron chi connectivity index (χ0n) is 7.81. The maximum Gasteiger partial charge on any atom is 0.131 e. The zero-order valence-corrected chi connectivity index (χ0v) is 7.81. The molecule has 0 aliphatic heterocycles. The summed E-state index contributed by atoms with van der Waals surface area (Å²) in [6.07, 6.45) is 2.42. The molecule has 72 valence electrons. The van der Waals surface area contributed by atoms with Crippen molar-refractivity contribution in [2.45, 2.75) is 6.42 Å². The lowest BCUT2D eigenvalue weighted by Gasteiger charge is -1.98. The van der Waals surface area contributed by atoms with Crippen molar-refractivity contribution in [2.24, 2.45) is 5.73 Å². The van der Waals surface area contributed by atoms with E-state index in [1.807, 2.05) is 30.3 Å². The third-order valence-corrected chi connectivity index (χ3v) is 2.11. The van der Waals surface area contributed by atoms with Crippen LogP contribution >= 0.6 is 0 Å². The Bertz CT molecular complexity index is 395. The molecule has 0 saturated carbocycles. The highest BCUT2D eigenvalue weighted by Crippen LogP contribution is 2.22. The van der Waals surface area contributed by atoms with Gasteiger partial charge in [-0.3, -0.25) is 0 Å². The molecular weight excluding hydrogens is 176 g/mol. The van der Waals surface area contributed by atoms with E-state index in [0.29, 0.717) is 6.54 Å². The van der Waals surface area contributed by atoms with Gasteiger partial charge in [0.1, 0.15) is 6.26 Å². The van der Waals surface area contributed by atoms with Crippen molar-refractivity contribution in [1.82, 2.24) is 5.16 Å². The molecule has 1 aromatic carbocycles. The van der Waals surface area contributed by atoms with Crippen molar-refractivity contribution < 1.29 is 4.52 Å². The third-order valence-electron chi connectivity index (χ3n) is 2.11. The maximum atomic E-state index is 5.49. The molecule has 0 radical (unpaired) electrons. The third kappa shape index (κ3) is 1.67. The minimum atomic E-state index is 0.590.